The molecular weight excluding hydrogens is 198 g/mol. The number of likely N-dealkylation sites (tertiary alicyclic amines) is 1. The van der Waals surface area contributed by atoms with Crippen LogP contribution in [0.15, 0.2) is 0 Å². The molecule has 0 N–H and O–H groups in total. The molecule has 0 bridgehead atoms. The molecule has 2 nitrogen and oxygen atoms in total. The molecule has 16 heavy (non-hydrogen) atoms. The van der Waals surface area contributed by atoms with Gasteiger partial charge in [-0.2, -0.15) is 0 Å². The van der Waals surface area contributed by atoms with Crippen LogP contribution in [0.2, 0.25) is 0 Å². The minimum Gasteiger partial charge on any atom is -0.342 e. The normalized spacial score (nSPS) is 32.2. The van der Waals surface area contributed by atoms with Crippen LogP contribution in [-0.4, -0.2) is 23.9 Å². The Labute approximate surface area is 99.4 Å². The van der Waals surface area contributed by atoms with Crippen molar-refractivity contribution >= 4 is 5.91 Å². The third-order valence-electron chi connectivity index (χ3n) is 4.35. The van der Waals surface area contributed by atoms with Gasteiger partial charge < -0.3 is 4.90 Å². The summed E-state index contributed by atoms with van der Waals surface area (Å²) in [6.07, 6.45) is 10.0. The summed E-state index contributed by atoms with van der Waals surface area (Å²) in [7, 11) is 0. The third kappa shape index (κ3) is 2.78. The number of carbonyl (C=O) groups is 1. The Morgan fingerprint density at radius 3 is 2.19 bits per heavy atom. The van der Waals surface area contributed by atoms with E-state index in [0.29, 0.717) is 17.7 Å². The molecule has 0 aromatic rings. The highest BCUT2D eigenvalue weighted by molar-refractivity contribution is 5.79. The van der Waals surface area contributed by atoms with Gasteiger partial charge in [0.15, 0.2) is 0 Å². The average molecular weight is 223 g/mol. The minimum atomic E-state index is 0.340. The van der Waals surface area contributed by atoms with Crippen molar-refractivity contribution in [1.29, 1.82) is 0 Å². The summed E-state index contributed by atoms with van der Waals surface area (Å²) in [5.74, 6) is 1.42. The SMILES string of the molecule is CC1CCCCC1C(=O)N1CCCCCC1. The predicted octanol–water partition coefficient (Wildman–Crippen LogP) is 3.22. The molecule has 1 saturated heterocycles. The van der Waals surface area contributed by atoms with E-state index in [0.717, 1.165) is 19.5 Å². The van der Waals surface area contributed by atoms with E-state index in [-0.39, 0.29) is 0 Å². The molecule has 0 spiro atoms. The molecule has 1 aliphatic heterocycles. The fourth-order valence-corrected chi connectivity index (χ4v) is 3.21. The lowest BCUT2D eigenvalue weighted by molar-refractivity contribution is -0.138. The van der Waals surface area contributed by atoms with Gasteiger partial charge in [-0.05, 0) is 31.6 Å². The molecule has 2 rings (SSSR count). The topological polar surface area (TPSA) is 20.3 Å². The summed E-state index contributed by atoms with van der Waals surface area (Å²) >= 11 is 0. The van der Waals surface area contributed by atoms with Gasteiger partial charge in [-0.25, -0.2) is 0 Å². The highest BCUT2D eigenvalue weighted by Crippen LogP contribution is 2.31. The van der Waals surface area contributed by atoms with Crippen LogP contribution in [0, 0.1) is 11.8 Å². The molecule has 92 valence electrons. The monoisotopic (exact) mass is 223 g/mol. The van der Waals surface area contributed by atoms with Crippen molar-refractivity contribution in [3.63, 3.8) is 0 Å². The fraction of sp³-hybridized carbons (Fsp3) is 0.929. The van der Waals surface area contributed by atoms with Gasteiger partial charge in [-0.1, -0.05) is 32.6 Å². The second-order valence-corrected chi connectivity index (χ2v) is 5.61. The number of nitrogens with zero attached hydrogens (tertiary/aromatic N) is 1. The van der Waals surface area contributed by atoms with Crippen molar-refractivity contribution in [3.05, 3.63) is 0 Å². The van der Waals surface area contributed by atoms with Crippen LogP contribution in [0.4, 0.5) is 0 Å². The second kappa shape index (κ2) is 5.70. The summed E-state index contributed by atoms with van der Waals surface area (Å²) < 4.78 is 0. The molecule has 2 aliphatic rings. The maximum absolute atomic E-state index is 12.4. The van der Waals surface area contributed by atoms with E-state index >= 15 is 0 Å². The first-order valence-electron chi connectivity index (χ1n) is 7.08. The Bertz CT molecular complexity index is 231. The lowest BCUT2D eigenvalue weighted by atomic mass is 9.79. The molecule has 2 unspecified atom stereocenters. The van der Waals surface area contributed by atoms with Gasteiger partial charge in [0, 0.05) is 19.0 Å². The largest absolute Gasteiger partial charge is 0.342 e. The lowest BCUT2D eigenvalue weighted by Gasteiger charge is -2.32. The van der Waals surface area contributed by atoms with E-state index < -0.39 is 0 Å². The molecule has 2 heteroatoms. The number of amides is 1. The zero-order valence-corrected chi connectivity index (χ0v) is 10.6. The third-order valence-corrected chi connectivity index (χ3v) is 4.35. The van der Waals surface area contributed by atoms with Crippen molar-refractivity contribution in [2.24, 2.45) is 11.8 Å². The van der Waals surface area contributed by atoms with Gasteiger partial charge in [0.2, 0.25) is 5.91 Å². The van der Waals surface area contributed by atoms with Gasteiger partial charge >= 0.3 is 0 Å². The van der Waals surface area contributed by atoms with Crippen molar-refractivity contribution in [1.82, 2.24) is 4.90 Å². The van der Waals surface area contributed by atoms with E-state index in [4.69, 9.17) is 0 Å². The molecule has 2 atom stereocenters. The van der Waals surface area contributed by atoms with Crippen molar-refractivity contribution in [2.45, 2.75) is 58.3 Å². The molecule has 0 aromatic heterocycles. The van der Waals surface area contributed by atoms with E-state index in [1.54, 1.807) is 0 Å². The Hall–Kier alpha value is -0.530. The molecule has 0 aromatic carbocycles. The maximum atomic E-state index is 12.4. The number of hydrogen-bond donors (Lipinski definition) is 0. The van der Waals surface area contributed by atoms with E-state index in [1.807, 2.05) is 0 Å². The maximum Gasteiger partial charge on any atom is 0.225 e. The molecule has 1 saturated carbocycles. The molecule has 0 radical (unpaired) electrons. The quantitative estimate of drug-likeness (QED) is 0.668. The number of carbonyl (C=O) groups excluding carboxylic acids is 1. The van der Waals surface area contributed by atoms with Crippen LogP contribution in [0.25, 0.3) is 0 Å². The van der Waals surface area contributed by atoms with Crippen molar-refractivity contribution < 1.29 is 4.79 Å². The minimum absolute atomic E-state index is 0.340. The Kier molecular flexibility index (Phi) is 4.25. The summed E-state index contributed by atoms with van der Waals surface area (Å²) in [5.41, 5.74) is 0. The highest BCUT2D eigenvalue weighted by atomic mass is 16.2. The predicted molar refractivity (Wildman–Crippen MR) is 66.2 cm³/mol. The lowest BCUT2D eigenvalue weighted by Crippen LogP contribution is -2.40. The molecule has 1 heterocycles. The summed E-state index contributed by atoms with van der Waals surface area (Å²) in [4.78, 5) is 14.6. The summed E-state index contributed by atoms with van der Waals surface area (Å²) in [6.45, 7) is 4.30. The van der Waals surface area contributed by atoms with Crippen LogP contribution in [-0.2, 0) is 4.79 Å². The van der Waals surface area contributed by atoms with Crippen LogP contribution in [0.5, 0.6) is 0 Å². The Balaban J connectivity index is 1.93. The van der Waals surface area contributed by atoms with Gasteiger partial charge in [0.05, 0.1) is 0 Å². The number of rotatable bonds is 1. The summed E-state index contributed by atoms with van der Waals surface area (Å²) in [6, 6.07) is 0. The first-order valence-corrected chi connectivity index (χ1v) is 7.08. The zero-order valence-electron chi connectivity index (χ0n) is 10.6. The van der Waals surface area contributed by atoms with Crippen LogP contribution >= 0.6 is 0 Å². The first kappa shape index (κ1) is 11.9. The van der Waals surface area contributed by atoms with Crippen molar-refractivity contribution in [2.75, 3.05) is 13.1 Å². The van der Waals surface area contributed by atoms with Crippen LogP contribution in [0.1, 0.15) is 58.3 Å². The standard InChI is InChI=1S/C14H25NO/c1-12-8-4-5-9-13(12)14(16)15-10-6-2-3-7-11-15/h12-13H,2-11H2,1H3. The average Bonchev–Trinajstić information content (AvgIpc) is 2.57. The van der Waals surface area contributed by atoms with E-state index in [9.17, 15) is 4.79 Å². The molecule has 2 fully saturated rings. The molecular formula is C14H25NO. The Morgan fingerprint density at radius 1 is 0.938 bits per heavy atom. The van der Waals surface area contributed by atoms with E-state index in [1.165, 1.54) is 44.9 Å². The molecule has 1 amide bonds. The van der Waals surface area contributed by atoms with E-state index in [2.05, 4.69) is 11.8 Å². The smallest absolute Gasteiger partial charge is 0.225 e. The van der Waals surface area contributed by atoms with Gasteiger partial charge in [0.25, 0.3) is 0 Å². The second-order valence-electron chi connectivity index (χ2n) is 5.61. The first-order chi connectivity index (χ1) is 7.79. The van der Waals surface area contributed by atoms with Crippen LogP contribution < -0.4 is 0 Å². The van der Waals surface area contributed by atoms with Gasteiger partial charge in [0.1, 0.15) is 0 Å². The number of hydrogen-bond acceptors (Lipinski definition) is 1. The fourth-order valence-electron chi connectivity index (χ4n) is 3.21. The zero-order chi connectivity index (χ0) is 11.4. The molecule has 1 aliphatic carbocycles. The van der Waals surface area contributed by atoms with Crippen LogP contribution in [0.3, 0.4) is 0 Å². The summed E-state index contributed by atoms with van der Waals surface area (Å²) in [5, 5.41) is 0. The Morgan fingerprint density at radius 2 is 1.56 bits per heavy atom. The van der Waals surface area contributed by atoms with Gasteiger partial charge in [-0.3, -0.25) is 4.79 Å². The van der Waals surface area contributed by atoms with Gasteiger partial charge in [-0.15, -0.1) is 0 Å². The highest BCUT2D eigenvalue weighted by Gasteiger charge is 2.31. The van der Waals surface area contributed by atoms with Crippen molar-refractivity contribution in [3.8, 4) is 0 Å².